The quantitative estimate of drug-likeness (QED) is 0.385. The molecule has 0 amide bonds. The van der Waals surface area contributed by atoms with Gasteiger partial charge in [0.1, 0.15) is 6.33 Å². The van der Waals surface area contributed by atoms with Crippen LogP contribution in [0.2, 0.25) is 10.0 Å². The molecule has 1 unspecified atom stereocenters. The summed E-state index contributed by atoms with van der Waals surface area (Å²) in [5.74, 6) is 0.345. The van der Waals surface area contributed by atoms with Crippen LogP contribution in [0.3, 0.4) is 0 Å². The van der Waals surface area contributed by atoms with Gasteiger partial charge < -0.3 is 14.7 Å². The molecule has 5 rings (SSSR count). The molecule has 6 nitrogen and oxygen atoms in total. The summed E-state index contributed by atoms with van der Waals surface area (Å²) < 4.78 is 1.67. The normalized spacial score (nSPS) is 13.2. The van der Waals surface area contributed by atoms with E-state index in [2.05, 4.69) is 15.2 Å². The molecule has 0 saturated heterocycles. The lowest BCUT2D eigenvalue weighted by Crippen LogP contribution is -2.32. The SMILES string of the molecule is Cn1cnnc1C(O)(c1ccc(Cl)cc1)c1ccc2[nH]c(=O)cc(-c3cccc(Cl)c3)c2c1. The van der Waals surface area contributed by atoms with Gasteiger partial charge in [0.05, 0.1) is 0 Å². The van der Waals surface area contributed by atoms with Crippen LogP contribution in [0.15, 0.2) is 83.9 Å². The van der Waals surface area contributed by atoms with Crippen molar-refractivity contribution < 1.29 is 5.11 Å². The summed E-state index contributed by atoms with van der Waals surface area (Å²) >= 11 is 12.3. The number of H-pyrrole nitrogens is 1. The topological polar surface area (TPSA) is 83.8 Å². The van der Waals surface area contributed by atoms with E-state index in [1.54, 1.807) is 60.1 Å². The van der Waals surface area contributed by atoms with E-state index in [4.69, 9.17) is 23.2 Å². The minimum Gasteiger partial charge on any atom is -0.373 e. The fourth-order valence-corrected chi connectivity index (χ4v) is 4.42. The van der Waals surface area contributed by atoms with Gasteiger partial charge in [-0.1, -0.05) is 53.5 Å². The Morgan fingerprint density at radius 3 is 2.39 bits per heavy atom. The summed E-state index contributed by atoms with van der Waals surface area (Å²) in [4.78, 5) is 15.2. The van der Waals surface area contributed by atoms with Crippen LogP contribution in [-0.2, 0) is 12.6 Å². The van der Waals surface area contributed by atoms with Gasteiger partial charge in [-0.25, -0.2) is 0 Å². The zero-order chi connectivity index (χ0) is 23.2. The van der Waals surface area contributed by atoms with E-state index in [0.717, 1.165) is 10.9 Å². The Morgan fingerprint density at radius 1 is 0.939 bits per heavy atom. The number of aromatic nitrogens is 4. The Bertz CT molecular complexity index is 1540. The largest absolute Gasteiger partial charge is 0.373 e. The molecule has 5 aromatic rings. The van der Waals surface area contributed by atoms with Crippen molar-refractivity contribution in [1.82, 2.24) is 19.7 Å². The number of nitrogens with one attached hydrogen (secondary N) is 1. The van der Waals surface area contributed by atoms with E-state index in [0.29, 0.717) is 38.1 Å². The number of aryl methyl sites for hydroxylation is 1. The van der Waals surface area contributed by atoms with Crippen LogP contribution in [0.4, 0.5) is 0 Å². The highest BCUT2D eigenvalue weighted by atomic mass is 35.5. The molecule has 0 fully saturated rings. The van der Waals surface area contributed by atoms with E-state index >= 15 is 0 Å². The Morgan fingerprint density at radius 2 is 1.70 bits per heavy atom. The fraction of sp³-hybridized carbons (Fsp3) is 0.0800. The third-order valence-corrected chi connectivity index (χ3v) is 6.18. The molecule has 0 aliphatic carbocycles. The molecular formula is C25H18Cl2N4O2. The lowest BCUT2D eigenvalue weighted by atomic mass is 9.84. The second-order valence-electron chi connectivity index (χ2n) is 7.80. The van der Waals surface area contributed by atoms with E-state index in [-0.39, 0.29) is 5.56 Å². The molecule has 2 N–H and O–H groups in total. The maximum atomic E-state index is 12.4. The number of hydrogen-bond donors (Lipinski definition) is 2. The van der Waals surface area contributed by atoms with E-state index < -0.39 is 5.60 Å². The highest BCUT2D eigenvalue weighted by Crippen LogP contribution is 2.38. The molecule has 0 radical (unpaired) electrons. The van der Waals surface area contributed by atoms with Crippen molar-refractivity contribution in [2.45, 2.75) is 5.60 Å². The molecule has 2 heterocycles. The number of aliphatic hydroxyl groups is 1. The highest BCUT2D eigenvalue weighted by Gasteiger charge is 2.38. The molecule has 164 valence electrons. The van der Waals surface area contributed by atoms with Crippen molar-refractivity contribution in [2.24, 2.45) is 7.05 Å². The van der Waals surface area contributed by atoms with Gasteiger partial charge in [-0.3, -0.25) is 4.79 Å². The van der Waals surface area contributed by atoms with Crippen LogP contribution < -0.4 is 5.56 Å². The summed E-state index contributed by atoms with van der Waals surface area (Å²) in [7, 11) is 1.77. The third kappa shape index (κ3) is 3.72. The summed E-state index contributed by atoms with van der Waals surface area (Å²) in [5.41, 5.74) is 1.43. The summed E-state index contributed by atoms with van der Waals surface area (Å²) in [6, 6.07) is 21.2. The Labute approximate surface area is 199 Å². The van der Waals surface area contributed by atoms with Crippen molar-refractivity contribution in [2.75, 3.05) is 0 Å². The van der Waals surface area contributed by atoms with Gasteiger partial charge in [-0.15, -0.1) is 10.2 Å². The number of benzene rings is 3. The molecule has 3 aromatic carbocycles. The summed E-state index contributed by atoms with van der Waals surface area (Å²) in [6.45, 7) is 0. The standard InChI is InChI=1S/C25H18Cl2N4O2/c1-31-14-28-30-24(31)25(33,16-5-8-18(26)9-6-16)17-7-10-22-21(12-17)20(13-23(32)29-22)15-3-2-4-19(27)11-15/h2-14,33H,1H3,(H,29,32). The van der Waals surface area contributed by atoms with Gasteiger partial charge in [0.2, 0.25) is 5.56 Å². The maximum Gasteiger partial charge on any atom is 0.249 e. The first-order valence-corrected chi connectivity index (χ1v) is 10.9. The van der Waals surface area contributed by atoms with Gasteiger partial charge in [-0.05, 0) is 58.7 Å². The monoisotopic (exact) mass is 476 g/mol. The number of halogens is 2. The van der Waals surface area contributed by atoms with Crippen molar-refractivity contribution in [1.29, 1.82) is 0 Å². The van der Waals surface area contributed by atoms with Crippen molar-refractivity contribution in [3.05, 3.63) is 116 Å². The van der Waals surface area contributed by atoms with Crippen molar-refractivity contribution >= 4 is 34.1 Å². The van der Waals surface area contributed by atoms with Gasteiger partial charge in [0, 0.05) is 34.1 Å². The molecule has 33 heavy (non-hydrogen) atoms. The van der Waals surface area contributed by atoms with Crippen LogP contribution >= 0.6 is 23.2 Å². The predicted molar refractivity (Wildman–Crippen MR) is 130 cm³/mol. The number of nitrogens with zero attached hydrogens (tertiary/aromatic N) is 3. The Kier molecular flexibility index (Phi) is 5.29. The fourth-order valence-electron chi connectivity index (χ4n) is 4.10. The molecule has 0 spiro atoms. The first-order chi connectivity index (χ1) is 15.9. The smallest absolute Gasteiger partial charge is 0.249 e. The van der Waals surface area contributed by atoms with E-state index in [1.165, 1.54) is 12.4 Å². The highest BCUT2D eigenvalue weighted by molar-refractivity contribution is 6.31. The lowest BCUT2D eigenvalue weighted by Gasteiger charge is -2.28. The van der Waals surface area contributed by atoms with Crippen molar-refractivity contribution in [3.8, 4) is 11.1 Å². The number of aromatic amines is 1. The van der Waals surface area contributed by atoms with Gasteiger partial charge in [0.15, 0.2) is 11.4 Å². The molecule has 8 heteroatoms. The molecular weight excluding hydrogens is 459 g/mol. The van der Waals surface area contributed by atoms with Crippen LogP contribution in [-0.4, -0.2) is 24.9 Å². The molecule has 0 bridgehead atoms. The number of hydrogen-bond acceptors (Lipinski definition) is 4. The molecule has 2 aromatic heterocycles. The Hall–Kier alpha value is -3.45. The zero-order valence-electron chi connectivity index (χ0n) is 17.5. The zero-order valence-corrected chi connectivity index (χ0v) is 19.0. The first kappa shape index (κ1) is 21.4. The Balaban J connectivity index is 1.81. The molecule has 0 aliphatic rings. The van der Waals surface area contributed by atoms with E-state index in [1.807, 2.05) is 18.2 Å². The average molecular weight is 477 g/mol. The van der Waals surface area contributed by atoms with Crippen LogP contribution in [0.1, 0.15) is 17.0 Å². The summed E-state index contributed by atoms with van der Waals surface area (Å²) in [6.07, 6.45) is 1.53. The lowest BCUT2D eigenvalue weighted by molar-refractivity contribution is 0.112. The molecule has 0 aliphatic heterocycles. The van der Waals surface area contributed by atoms with Gasteiger partial charge in [-0.2, -0.15) is 0 Å². The minimum absolute atomic E-state index is 0.230. The predicted octanol–water partition coefficient (Wildman–Crippen LogP) is 4.91. The van der Waals surface area contributed by atoms with Crippen LogP contribution in [0, 0.1) is 0 Å². The number of pyridine rings is 1. The van der Waals surface area contributed by atoms with Gasteiger partial charge in [0.25, 0.3) is 0 Å². The second-order valence-corrected chi connectivity index (χ2v) is 8.67. The number of rotatable bonds is 4. The number of fused-ring (bicyclic) bond motifs is 1. The molecule has 0 saturated carbocycles. The van der Waals surface area contributed by atoms with E-state index in [9.17, 15) is 9.90 Å². The maximum absolute atomic E-state index is 12.4. The third-order valence-electron chi connectivity index (χ3n) is 5.69. The van der Waals surface area contributed by atoms with Crippen LogP contribution in [0.5, 0.6) is 0 Å². The van der Waals surface area contributed by atoms with Gasteiger partial charge >= 0.3 is 0 Å². The molecule has 1 atom stereocenters. The second kappa shape index (κ2) is 8.15. The van der Waals surface area contributed by atoms with Crippen LogP contribution in [0.25, 0.3) is 22.0 Å². The first-order valence-electron chi connectivity index (χ1n) is 10.1. The summed E-state index contributed by atoms with van der Waals surface area (Å²) in [5, 5.41) is 22.2. The van der Waals surface area contributed by atoms with Crippen molar-refractivity contribution in [3.63, 3.8) is 0 Å². The minimum atomic E-state index is -1.62. The average Bonchev–Trinajstić information content (AvgIpc) is 3.24.